The monoisotopic (exact) mass is 421 g/mol. The molecule has 1 atom stereocenters. The number of likely N-dealkylation sites (N-methyl/N-ethyl adjacent to an activating group) is 2. The molecule has 2 aliphatic heterocycles. The van der Waals surface area contributed by atoms with Crippen molar-refractivity contribution in [3.8, 4) is 11.1 Å². The summed E-state index contributed by atoms with van der Waals surface area (Å²) in [6.07, 6.45) is 5.52. The predicted molar refractivity (Wildman–Crippen MR) is 126 cm³/mol. The average Bonchev–Trinajstić information content (AvgIpc) is 3.41. The highest BCUT2D eigenvalue weighted by Gasteiger charge is 2.28. The van der Waals surface area contributed by atoms with Crippen LogP contribution in [0.2, 0.25) is 0 Å². The lowest BCUT2D eigenvalue weighted by molar-refractivity contribution is 0.192. The van der Waals surface area contributed by atoms with Crippen molar-refractivity contribution >= 4 is 27.4 Å². The molecule has 4 heterocycles. The molecule has 0 bridgehead atoms. The zero-order valence-electron chi connectivity index (χ0n) is 18.0. The Kier molecular flexibility index (Phi) is 5.72. The standard InChI is InChI=1S/C24H31N5S/c1-27-11-10-20(15-27)28(2)14-18-8-12-29(13-9-18)23-22-21(19-6-4-3-5-7-19)16-30-24(22)26-17-25-23/h3-7,16-18,20H,8-15H2,1-2H3. The SMILES string of the molecule is CN1CCC(N(C)CC2CCN(c3ncnc4scc(-c5ccccc5)c34)CC2)C1. The molecule has 2 aliphatic rings. The molecule has 1 aromatic carbocycles. The van der Waals surface area contributed by atoms with Gasteiger partial charge < -0.3 is 14.7 Å². The van der Waals surface area contributed by atoms with E-state index in [2.05, 4.69) is 69.5 Å². The fourth-order valence-electron chi connectivity index (χ4n) is 5.08. The Morgan fingerprint density at radius 2 is 1.87 bits per heavy atom. The number of likely N-dealkylation sites (tertiary alicyclic amines) is 1. The Hall–Kier alpha value is -2.02. The first-order valence-corrected chi connectivity index (χ1v) is 12.0. The largest absolute Gasteiger partial charge is 0.356 e. The van der Waals surface area contributed by atoms with Crippen LogP contribution in [-0.4, -0.2) is 72.6 Å². The van der Waals surface area contributed by atoms with Crippen LogP contribution in [-0.2, 0) is 0 Å². The fourth-order valence-corrected chi connectivity index (χ4v) is 5.99. The highest BCUT2D eigenvalue weighted by molar-refractivity contribution is 7.17. The summed E-state index contributed by atoms with van der Waals surface area (Å²) < 4.78 is 0. The molecule has 30 heavy (non-hydrogen) atoms. The molecule has 0 saturated carbocycles. The summed E-state index contributed by atoms with van der Waals surface area (Å²) in [5.41, 5.74) is 2.51. The van der Waals surface area contributed by atoms with Gasteiger partial charge in [0.15, 0.2) is 0 Å². The van der Waals surface area contributed by atoms with Crippen LogP contribution >= 0.6 is 11.3 Å². The van der Waals surface area contributed by atoms with Crippen molar-refractivity contribution in [2.75, 3.05) is 51.7 Å². The average molecular weight is 422 g/mol. The van der Waals surface area contributed by atoms with Gasteiger partial charge in [0.2, 0.25) is 0 Å². The summed E-state index contributed by atoms with van der Waals surface area (Å²) in [5, 5.41) is 3.46. The summed E-state index contributed by atoms with van der Waals surface area (Å²) >= 11 is 1.72. The molecule has 0 spiro atoms. The van der Waals surface area contributed by atoms with Crippen molar-refractivity contribution in [3.05, 3.63) is 42.0 Å². The predicted octanol–water partition coefficient (Wildman–Crippen LogP) is 4.21. The second-order valence-electron chi connectivity index (χ2n) is 8.97. The second kappa shape index (κ2) is 8.61. The third-order valence-electron chi connectivity index (χ3n) is 6.89. The Morgan fingerprint density at radius 1 is 1.07 bits per heavy atom. The summed E-state index contributed by atoms with van der Waals surface area (Å²) in [5.74, 6) is 1.90. The number of piperidine rings is 1. The lowest BCUT2D eigenvalue weighted by Gasteiger charge is -2.36. The minimum atomic E-state index is 0.730. The Labute approximate surface area is 183 Å². The number of thiophene rings is 1. The van der Waals surface area contributed by atoms with E-state index in [1.165, 1.54) is 55.4 Å². The molecular weight excluding hydrogens is 390 g/mol. The van der Waals surface area contributed by atoms with Gasteiger partial charge in [0.25, 0.3) is 0 Å². The van der Waals surface area contributed by atoms with Crippen LogP contribution in [0, 0.1) is 5.92 Å². The quantitative estimate of drug-likeness (QED) is 0.617. The van der Waals surface area contributed by atoms with Crippen LogP contribution < -0.4 is 4.90 Å². The number of anilines is 1. The molecule has 5 nitrogen and oxygen atoms in total. The molecule has 3 aromatic rings. The minimum Gasteiger partial charge on any atom is -0.356 e. The maximum Gasteiger partial charge on any atom is 0.141 e. The first-order chi connectivity index (χ1) is 14.7. The van der Waals surface area contributed by atoms with Crippen molar-refractivity contribution in [2.24, 2.45) is 5.92 Å². The van der Waals surface area contributed by atoms with Gasteiger partial charge in [-0.2, -0.15) is 0 Å². The van der Waals surface area contributed by atoms with E-state index >= 15 is 0 Å². The van der Waals surface area contributed by atoms with E-state index < -0.39 is 0 Å². The molecular formula is C24H31N5S. The molecule has 6 heteroatoms. The number of fused-ring (bicyclic) bond motifs is 1. The number of nitrogens with zero attached hydrogens (tertiary/aromatic N) is 5. The van der Waals surface area contributed by atoms with Crippen LogP contribution in [0.1, 0.15) is 19.3 Å². The third kappa shape index (κ3) is 3.96. The third-order valence-corrected chi connectivity index (χ3v) is 7.77. The van der Waals surface area contributed by atoms with E-state index in [9.17, 15) is 0 Å². The maximum absolute atomic E-state index is 4.75. The molecule has 1 unspecified atom stereocenters. The van der Waals surface area contributed by atoms with Gasteiger partial charge in [-0.15, -0.1) is 11.3 Å². The topological polar surface area (TPSA) is 35.5 Å². The minimum absolute atomic E-state index is 0.730. The van der Waals surface area contributed by atoms with Crippen LogP contribution in [0.15, 0.2) is 42.0 Å². The van der Waals surface area contributed by atoms with E-state index in [-0.39, 0.29) is 0 Å². The summed E-state index contributed by atoms with van der Waals surface area (Å²) in [7, 11) is 4.56. The molecule has 0 aliphatic carbocycles. The molecule has 2 aromatic heterocycles. The zero-order valence-corrected chi connectivity index (χ0v) is 18.8. The highest BCUT2D eigenvalue weighted by Crippen LogP contribution is 2.38. The number of rotatable bonds is 5. The van der Waals surface area contributed by atoms with Gasteiger partial charge in [-0.05, 0) is 51.4 Å². The van der Waals surface area contributed by atoms with Crippen LogP contribution in [0.4, 0.5) is 5.82 Å². The number of hydrogen-bond donors (Lipinski definition) is 0. The molecule has 0 N–H and O–H groups in total. The van der Waals surface area contributed by atoms with Crippen molar-refractivity contribution in [2.45, 2.75) is 25.3 Å². The normalized spacial score (nSPS) is 21.2. The number of aromatic nitrogens is 2. The van der Waals surface area contributed by atoms with E-state index in [0.29, 0.717) is 0 Å². The lowest BCUT2D eigenvalue weighted by Crippen LogP contribution is -2.42. The second-order valence-corrected chi connectivity index (χ2v) is 9.83. The van der Waals surface area contributed by atoms with Crippen LogP contribution in [0.25, 0.3) is 21.3 Å². The van der Waals surface area contributed by atoms with Gasteiger partial charge in [0, 0.05) is 43.2 Å². The van der Waals surface area contributed by atoms with E-state index in [4.69, 9.17) is 4.98 Å². The van der Waals surface area contributed by atoms with Gasteiger partial charge in [-0.1, -0.05) is 30.3 Å². The van der Waals surface area contributed by atoms with Crippen molar-refractivity contribution < 1.29 is 0 Å². The molecule has 2 saturated heterocycles. The molecule has 0 amide bonds. The van der Waals surface area contributed by atoms with Crippen LogP contribution in [0.5, 0.6) is 0 Å². The van der Waals surface area contributed by atoms with Crippen molar-refractivity contribution in [1.82, 2.24) is 19.8 Å². The van der Waals surface area contributed by atoms with Gasteiger partial charge in [0.1, 0.15) is 17.0 Å². The summed E-state index contributed by atoms with van der Waals surface area (Å²) in [6.45, 7) is 5.84. The van der Waals surface area contributed by atoms with Gasteiger partial charge in [0.05, 0.1) is 5.39 Å². The summed E-state index contributed by atoms with van der Waals surface area (Å²) in [4.78, 5) is 18.0. The zero-order chi connectivity index (χ0) is 20.5. The van der Waals surface area contributed by atoms with Crippen molar-refractivity contribution in [3.63, 3.8) is 0 Å². The molecule has 158 valence electrons. The van der Waals surface area contributed by atoms with Gasteiger partial charge in [-0.25, -0.2) is 9.97 Å². The van der Waals surface area contributed by atoms with Gasteiger partial charge in [-0.3, -0.25) is 0 Å². The molecule has 0 radical (unpaired) electrons. The van der Waals surface area contributed by atoms with E-state index in [1.807, 2.05) is 0 Å². The van der Waals surface area contributed by atoms with E-state index in [1.54, 1.807) is 17.7 Å². The Morgan fingerprint density at radius 3 is 2.60 bits per heavy atom. The highest BCUT2D eigenvalue weighted by atomic mass is 32.1. The Balaban J connectivity index is 1.30. The smallest absolute Gasteiger partial charge is 0.141 e. The first-order valence-electron chi connectivity index (χ1n) is 11.1. The molecule has 2 fully saturated rings. The molecule has 5 rings (SSSR count). The lowest BCUT2D eigenvalue weighted by atomic mass is 9.95. The van der Waals surface area contributed by atoms with Gasteiger partial charge >= 0.3 is 0 Å². The number of hydrogen-bond acceptors (Lipinski definition) is 6. The number of benzene rings is 1. The van der Waals surface area contributed by atoms with Crippen molar-refractivity contribution in [1.29, 1.82) is 0 Å². The Bertz CT molecular complexity index is 980. The maximum atomic E-state index is 4.75. The van der Waals surface area contributed by atoms with Crippen LogP contribution in [0.3, 0.4) is 0 Å². The fraction of sp³-hybridized carbons (Fsp3) is 0.500. The summed E-state index contributed by atoms with van der Waals surface area (Å²) in [6, 6.07) is 11.4. The van der Waals surface area contributed by atoms with E-state index in [0.717, 1.165) is 35.7 Å². The first kappa shape index (κ1) is 19.9.